The van der Waals surface area contributed by atoms with Gasteiger partial charge in [0, 0.05) is 9.77 Å². The third kappa shape index (κ3) is 3.02. The highest BCUT2D eigenvalue weighted by molar-refractivity contribution is 14.1. The number of nitrogens with one attached hydrogen (secondary N) is 1. The number of esters is 1. The van der Waals surface area contributed by atoms with Gasteiger partial charge in [-0.2, -0.15) is 5.10 Å². The lowest BCUT2D eigenvalue weighted by Crippen LogP contribution is -2.08. The highest BCUT2D eigenvalue weighted by Gasteiger charge is 2.15. The van der Waals surface area contributed by atoms with Crippen molar-refractivity contribution >= 4 is 40.2 Å². The van der Waals surface area contributed by atoms with Gasteiger partial charge in [0.2, 0.25) is 0 Å². The Morgan fingerprint density at radius 3 is 2.94 bits per heavy atom. The molecule has 4 nitrogen and oxygen atoms in total. The van der Waals surface area contributed by atoms with Crippen LogP contribution in [0.25, 0.3) is 0 Å². The van der Waals surface area contributed by atoms with Crippen molar-refractivity contribution in [1.82, 2.24) is 10.2 Å². The van der Waals surface area contributed by atoms with Crippen LogP contribution in [0.4, 0.5) is 0 Å². The topological polar surface area (TPSA) is 55.0 Å². The van der Waals surface area contributed by atoms with E-state index in [0.717, 1.165) is 9.13 Å². The number of H-pyrrole nitrogens is 1. The number of ether oxygens (including phenoxy) is 1. The monoisotopic (exact) mass is 376 g/mol. The molecule has 1 atom stereocenters. The molecule has 0 amide bonds. The quantitative estimate of drug-likeness (QED) is 0.658. The van der Waals surface area contributed by atoms with Gasteiger partial charge in [-0.3, -0.25) is 5.10 Å². The minimum absolute atomic E-state index is 0.335. The summed E-state index contributed by atoms with van der Waals surface area (Å²) in [5.41, 5.74) is 1.31. The Hall–Kier alpha value is -1.08. The molecule has 2 aromatic rings. The maximum atomic E-state index is 11.7. The second-order valence-corrected chi connectivity index (χ2v) is 5.28. The van der Waals surface area contributed by atoms with Crippen LogP contribution in [-0.4, -0.2) is 16.2 Å². The number of halogens is 2. The molecular formula is C12H10ClIN2O2. The molecular weight excluding hydrogens is 367 g/mol. The van der Waals surface area contributed by atoms with Gasteiger partial charge in [0.1, 0.15) is 6.10 Å². The Balaban J connectivity index is 2.10. The number of hydrogen-bond donors (Lipinski definition) is 1. The molecule has 0 saturated heterocycles. The highest BCUT2D eigenvalue weighted by atomic mass is 127. The summed E-state index contributed by atoms with van der Waals surface area (Å²) in [5, 5.41) is 6.96. The lowest BCUT2D eigenvalue weighted by Gasteiger charge is -2.13. The Bertz CT molecular complexity index is 557. The first-order valence-corrected chi connectivity index (χ1v) is 6.68. The molecule has 1 heterocycles. The van der Waals surface area contributed by atoms with E-state index in [1.807, 2.05) is 19.1 Å². The van der Waals surface area contributed by atoms with Gasteiger partial charge >= 0.3 is 5.97 Å². The van der Waals surface area contributed by atoms with Gasteiger partial charge in [-0.05, 0) is 47.2 Å². The molecule has 1 aromatic heterocycles. The van der Waals surface area contributed by atoms with Crippen molar-refractivity contribution in [3.63, 3.8) is 0 Å². The number of carbonyl (C=O) groups is 1. The van der Waals surface area contributed by atoms with Crippen LogP contribution in [0.5, 0.6) is 0 Å². The molecule has 1 unspecified atom stereocenters. The largest absolute Gasteiger partial charge is 0.454 e. The Labute approximate surface area is 123 Å². The first kappa shape index (κ1) is 13.4. The molecule has 0 spiro atoms. The van der Waals surface area contributed by atoms with E-state index in [1.165, 1.54) is 12.4 Å². The number of benzene rings is 1. The molecule has 6 heteroatoms. The molecule has 0 saturated carbocycles. The SMILES string of the molecule is CC(OC(=O)c1cn[nH]c1)c1ccc(Cl)c(I)c1. The summed E-state index contributed by atoms with van der Waals surface area (Å²) in [6, 6.07) is 5.54. The Morgan fingerprint density at radius 2 is 2.33 bits per heavy atom. The van der Waals surface area contributed by atoms with Crippen LogP contribution in [-0.2, 0) is 4.74 Å². The van der Waals surface area contributed by atoms with E-state index in [9.17, 15) is 4.79 Å². The number of hydrogen-bond acceptors (Lipinski definition) is 3. The van der Waals surface area contributed by atoms with E-state index in [1.54, 1.807) is 6.07 Å². The van der Waals surface area contributed by atoms with Crippen molar-refractivity contribution in [3.05, 3.63) is 50.3 Å². The lowest BCUT2D eigenvalue weighted by molar-refractivity contribution is 0.0338. The summed E-state index contributed by atoms with van der Waals surface area (Å²) < 4.78 is 6.26. The van der Waals surface area contributed by atoms with E-state index >= 15 is 0 Å². The maximum Gasteiger partial charge on any atom is 0.341 e. The van der Waals surface area contributed by atoms with Crippen molar-refractivity contribution < 1.29 is 9.53 Å². The van der Waals surface area contributed by atoms with Crippen LogP contribution >= 0.6 is 34.2 Å². The van der Waals surface area contributed by atoms with Crippen LogP contribution in [0, 0.1) is 3.57 Å². The van der Waals surface area contributed by atoms with Crippen molar-refractivity contribution in [1.29, 1.82) is 0 Å². The molecule has 1 aromatic carbocycles. The number of rotatable bonds is 3. The lowest BCUT2D eigenvalue weighted by atomic mass is 10.1. The molecule has 1 N–H and O–H groups in total. The van der Waals surface area contributed by atoms with Crippen LogP contribution in [0.15, 0.2) is 30.6 Å². The summed E-state index contributed by atoms with van der Waals surface area (Å²) in [5.74, 6) is -0.402. The van der Waals surface area contributed by atoms with Crippen LogP contribution < -0.4 is 0 Å². The first-order valence-electron chi connectivity index (χ1n) is 5.22. The third-order valence-corrected chi connectivity index (χ3v) is 3.97. The highest BCUT2D eigenvalue weighted by Crippen LogP contribution is 2.25. The fraction of sp³-hybridized carbons (Fsp3) is 0.167. The fourth-order valence-corrected chi connectivity index (χ4v) is 2.08. The maximum absolute atomic E-state index is 11.7. The van der Waals surface area contributed by atoms with Gasteiger partial charge < -0.3 is 4.74 Å². The molecule has 2 rings (SSSR count). The number of nitrogens with zero attached hydrogens (tertiary/aromatic N) is 1. The van der Waals surface area contributed by atoms with Crippen molar-refractivity contribution in [2.24, 2.45) is 0 Å². The van der Waals surface area contributed by atoms with Gasteiger partial charge in [0.25, 0.3) is 0 Å². The van der Waals surface area contributed by atoms with Gasteiger partial charge in [-0.25, -0.2) is 4.79 Å². The third-order valence-electron chi connectivity index (χ3n) is 2.43. The van der Waals surface area contributed by atoms with Gasteiger partial charge in [-0.1, -0.05) is 17.7 Å². The van der Waals surface area contributed by atoms with E-state index < -0.39 is 5.97 Å². The summed E-state index contributed by atoms with van der Waals surface area (Å²) in [6.45, 7) is 1.82. The summed E-state index contributed by atoms with van der Waals surface area (Å²) >= 11 is 8.08. The predicted molar refractivity (Wildman–Crippen MR) is 76.6 cm³/mol. The van der Waals surface area contributed by atoms with Crippen molar-refractivity contribution in [2.45, 2.75) is 13.0 Å². The molecule has 94 valence electrons. The average Bonchev–Trinajstić information content (AvgIpc) is 2.86. The van der Waals surface area contributed by atoms with E-state index in [4.69, 9.17) is 16.3 Å². The zero-order valence-electron chi connectivity index (χ0n) is 9.48. The number of carbonyl (C=O) groups excluding carboxylic acids is 1. The molecule has 18 heavy (non-hydrogen) atoms. The molecule has 0 aliphatic heterocycles. The summed E-state index contributed by atoms with van der Waals surface area (Å²) in [4.78, 5) is 11.7. The summed E-state index contributed by atoms with van der Waals surface area (Å²) in [6.07, 6.45) is 2.60. The fourth-order valence-electron chi connectivity index (χ4n) is 1.42. The minimum atomic E-state index is -0.402. The van der Waals surface area contributed by atoms with Crippen LogP contribution in [0.1, 0.15) is 28.9 Å². The van der Waals surface area contributed by atoms with Gasteiger partial charge in [-0.15, -0.1) is 0 Å². The standard InChI is InChI=1S/C12H10ClIN2O2/c1-7(8-2-3-10(13)11(14)4-8)18-12(17)9-5-15-16-6-9/h2-7H,1H3,(H,15,16). The average molecular weight is 377 g/mol. The van der Waals surface area contributed by atoms with Crippen LogP contribution in [0.2, 0.25) is 5.02 Å². The molecule has 0 fully saturated rings. The first-order chi connectivity index (χ1) is 8.58. The van der Waals surface area contributed by atoms with Gasteiger partial charge in [0.15, 0.2) is 0 Å². The summed E-state index contributed by atoms with van der Waals surface area (Å²) in [7, 11) is 0. The Kier molecular flexibility index (Phi) is 4.23. The molecule has 0 aliphatic carbocycles. The number of aromatic amines is 1. The van der Waals surface area contributed by atoms with Gasteiger partial charge in [0.05, 0.1) is 16.8 Å². The van der Waals surface area contributed by atoms with Crippen LogP contribution in [0.3, 0.4) is 0 Å². The second kappa shape index (κ2) is 5.71. The zero-order chi connectivity index (χ0) is 13.1. The van der Waals surface area contributed by atoms with Crippen molar-refractivity contribution in [3.8, 4) is 0 Å². The second-order valence-electron chi connectivity index (χ2n) is 3.71. The predicted octanol–water partition coefficient (Wildman–Crippen LogP) is 3.59. The van der Waals surface area contributed by atoms with E-state index in [0.29, 0.717) is 10.6 Å². The minimum Gasteiger partial charge on any atom is -0.454 e. The smallest absolute Gasteiger partial charge is 0.341 e. The Morgan fingerprint density at radius 1 is 1.56 bits per heavy atom. The van der Waals surface area contributed by atoms with E-state index in [-0.39, 0.29) is 6.10 Å². The molecule has 0 radical (unpaired) electrons. The molecule has 0 aliphatic rings. The molecule has 0 bridgehead atoms. The normalized spacial score (nSPS) is 12.2. The zero-order valence-corrected chi connectivity index (χ0v) is 12.4. The van der Waals surface area contributed by atoms with Crippen molar-refractivity contribution in [2.75, 3.05) is 0 Å². The number of aromatic nitrogens is 2. The van der Waals surface area contributed by atoms with E-state index in [2.05, 4.69) is 32.8 Å².